The van der Waals surface area contributed by atoms with Gasteiger partial charge in [-0.3, -0.25) is 9.88 Å². The summed E-state index contributed by atoms with van der Waals surface area (Å²) >= 11 is 0. The highest BCUT2D eigenvalue weighted by Gasteiger charge is 2.32. The summed E-state index contributed by atoms with van der Waals surface area (Å²) in [4.78, 5) is 21.6. The summed E-state index contributed by atoms with van der Waals surface area (Å²) in [5.41, 5.74) is 1.27. The molecular formula is C27H27F3N4O3. The van der Waals surface area contributed by atoms with E-state index in [1.165, 1.54) is 12.1 Å². The highest BCUT2D eigenvalue weighted by atomic mass is 19.4. The standard InChI is InChI=1S/C27H27F3N4O3/c28-27(29,30)21-4-1-5-22(14-21)32-26(35)34(17-19-6-7-24-25(13-19)37-18-36-24)23-8-11-33(12-9-23)16-20-3-2-10-31-15-20/h1-7,10,13-15,23H,8-9,11-12,16-18H2,(H,32,35). The van der Waals surface area contributed by atoms with Crippen molar-refractivity contribution in [2.75, 3.05) is 25.2 Å². The van der Waals surface area contributed by atoms with E-state index in [0.717, 1.165) is 55.7 Å². The van der Waals surface area contributed by atoms with Crippen LogP contribution in [-0.4, -0.2) is 46.7 Å². The molecule has 0 unspecified atom stereocenters. The van der Waals surface area contributed by atoms with Crippen LogP contribution in [-0.2, 0) is 19.3 Å². The van der Waals surface area contributed by atoms with E-state index in [-0.39, 0.29) is 25.1 Å². The molecule has 2 amide bonds. The second-order valence-corrected chi connectivity index (χ2v) is 9.19. The van der Waals surface area contributed by atoms with Crippen LogP contribution >= 0.6 is 0 Å². The molecule has 0 atom stereocenters. The Kier molecular flexibility index (Phi) is 7.18. The summed E-state index contributed by atoms with van der Waals surface area (Å²) in [5.74, 6) is 1.26. The Balaban J connectivity index is 1.31. The van der Waals surface area contributed by atoms with Gasteiger partial charge in [0.15, 0.2) is 11.5 Å². The van der Waals surface area contributed by atoms with Crippen molar-refractivity contribution in [3.05, 3.63) is 83.7 Å². The molecule has 0 radical (unpaired) electrons. The van der Waals surface area contributed by atoms with Gasteiger partial charge in [0.25, 0.3) is 0 Å². The topological polar surface area (TPSA) is 66.9 Å². The average molecular weight is 513 g/mol. The molecule has 1 aromatic heterocycles. The van der Waals surface area contributed by atoms with Gasteiger partial charge in [0, 0.05) is 50.3 Å². The Morgan fingerprint density at radius 2 is 1.84 bits per heavy atom. The van der Waals surface area contributed by atoms with Gasteiger partial charge in [0.05, 0.1) is 5.56 Å². The number of alkyl halides is 3. The highest BCUT2D eigenvalue weighted by Crippen LogP contribution is 2.34. The maximum Gasteiger partial charge on any atom is 0.416 e. The molecule has 2 aliphatic rings. The lowest BCUT2D eigenvalue weighted by molar-refractivity contribution is -0.137. The molecule has 194 valence electrons. The zero-order chi connectivity index (χ0) is 25.8. The number of ether oxygens (including phenoxy) is 2. The molecule has 0 spiro atoms. The number of anilines is 1. The minimum Gasteiger partial charge on any atom is -0.454 e. The number of benzene rings is 2. The van der Waals surface area contributed by atoms with Gasteiger partial charge in [-0.1, -0.05) is 18.2 Å². The lowest BCUT2D eigenvalue weighted by atomic mass is 10.0. The molecule has 2 aliphatic heterocycles. The number of hydrogen-bond donors (Lipinski definition) is 1. The molecule has 0 saturated carbocycles. The van der Waals surface area contributed by atoms with Crippen LogP contribution in [0.25, 0.3) is 0 Å². The first-order chi connectivity index (χ1) is 17.8. The molecule has 7 nitrogen and oxygen atoms in total. The Morgan fingerprint density at radius 3 is 2.59 bits per heavy atom. The predicted octanol–water partition coefficient (Wildman–Crippen LogP) is 5.53. The van der Waals surface area contributed by atoms with Crippen molar-refractivity contribution in [1.82, 2.24) is 14.8 Å². The first-order valence-electron chi connectivity index (χ1n) is 12.1. The van der Waals surface area contributed by atoms with Crippen molar-refractivity contribution >= 4 is 11.7 Å². The minimum atomic E-state index is -4.49. The molecule has 0 bridgehead atoms. The number of carbonyl (C=O) groups is 1. The van der Waals surface area contributed by atoms with E-state index in [1.54, 1.807) is 17.2 Å². The molecule has 0 aliphatic carbocycles. The van der Waals surface area contributed by atoms with Crippen molar-refractivity contribution in [2.24, 2.45) is 0 Å². The van der Waals surface area contributed by atoms with Crippen LogP contribution in [0, 0.1) is 0 Å². The second-order valence-electron chi connectivity index (χ2n) is 9.19. The number of piperidine rings is 1. The number of halogens is 3. The molecule has 3 heterocycles. The van der Waals surface area contributed by atoms with E-state index in [9.17, 15) is 18.0 Å². The van der Waals surface area contributed by atoms with Crippen LogP contribution in [0.15, 0.2) is 67.0 Å². The molecule has 2 aromatic carbocycles. The van der Waals surface area contributed by atoms with Crippen LogP contribution in [0.5, 0.6) is 11.5 Å². The highest BCUT2D eigenvalue weighted by molar-refractivity contribution is 5.89. The molecule has 1 fully saturated rings. The Labute approximate surface area is 212 Å². The van der Waals surface area contributed by atoms with E-state index in [0.29, 0.717) is 11.5 Å². The largest absolute Gasteiger partial charge is 0.454 e. The third-order valence-corrected chi connectivity index (χ3v) is 6.62. The summed E-state index contributed by atoms with van der Waals surface area (Å²) in [7, 11) is 0. The number of aromatic nitrogens is 1. The maximum absolute atomic E-state index is 13.4. The van der Waals surface area contributed by atoms with Gasteiger partial charge < -0.3 is 19.7 Å². The number of rotatable bonds is 6. The zero-order valence-electron chi connectivity index (χ0n) is 20.1. The van der Waals surface area contributed by atoms with Crippen molar-refractivity contribution in [1.29, 1.82) is 0 Å². The fourth-order valence-corrected chi connectivity index (χ4v) is 4.71. The van der Waals surface area contributed by atoms with Gasteiger partial charge in [-0.05, 0) is 60.4 Å². The second kappa shape index (κ2) is 10.7. The van der Waals surface area contributed by atoms with Crippen LogP contribution in [0.1, 0.15) is 29.5 Å². The fraction of sp³-hybridized carbons (Fsp3) is 0.333. The summed E-state index contributed by atoms with van der Waals surface area (Å²) in [5, 5.41) is 2.68. The number of likely N-dealkylation sites (tertiary alicyclic amines) is 1. The maximum atomic E-state index is 13.4. The first-order valence-corrected chi connectivity index (χ1v) is 12.1. The van der Waals surface area contributed by atoms with Gasteiger partial charge in [-0.2, -0.15) is 13.2 Å². The van der Waals surface area contributed by atoms with Gasteiger partial charge in [-0.15, -0.1) is 0 Å². The first kappa shape index (κ1) is 24.9. The van der Waals surface area contributed by atoms with Crippen molar-refractivity contribution < 1.29 is 27.4 Å². The van der Waals surface area contributed by atoms with Crippen LogP contribution < -0.4 is 14.8 Å². The van der Waals surface area contributed by atoms with E-state index in [2.05, 4.69) is 15.2 Å². The fourth-order valence-electron chi connectivity index (χ4n) is 4.71. The zero-order valence-corrected chi connectivity index (χ0v) is 20.1. The average Bonchev–Trinajstić information content (AvgIpc) is 3.36. The Morgan fingerprint density at radius 1 is 1.03 bits per heavy atom. The lowest BCUT2D eigenvalue weighted by Crippen LogP contribution is -2.48. The minimum absolute atomic E-state index is 0.0821. The third-order valence-electron chi connectivity index (χ3n) is 6.62. The summed E-state index contributed by atoms with van der Waals surface area (Å²) in [6.07, 6.45) is 0.572. The number of nitrogens with one attached hydrogen (secondary N) is 1. The number of fused-ring (bicyclic) bond motifs is 1. The molecule has 37 heavy (non-hydrogen) atoms. The quantitative estimate of drug-likeness (QED) is 0.471. The lowest BCUT2D eigenvalue weighted by Gasteiger charge is -2.38. The number of nitrogens with zero attached hydrogens (tertiary/aromatic N) is 3. The monoisotopic (exact) mass is 512 g/mol. The Bertz CT molecular complexity index is 1230. The van der Waals surface area contributed by atoms with Crippen molar-refractivity contribution in [3.8, 4) is 11.5 Å². The smallest absolute Gasteiger partial charge is 0.416 e. The predicted molar refractivity (Wildman–Crippen MR) is 131 cm³/mol. The third kappa shape index (κ3) is 6.14. The van der Waals surface area contributed by atoms with Gasteiger partial charge >= 0.3 is 12.2 Å². The molecule has 3 aromatic rings. The summed E-state index contributed by atoms with van der Waals surface area (Å²) in [6, 6.07) is 13.6. The molecule has 1 N–H and O–H groups in total. The van der Waals surface area contributed by atoms with Gasteiger partial charge in [-0.25, -0.2) is 4.79 Å². The van der Waals surface area contributed by atoms with E-state index < -0.39 is 17.8 Å². The van der Waals surface area contributed by atoms with Crippen molar-refractivity contribution in [3.63, 3.8) is 0 Å². The molecule has 10 heteroatoms. The normalized spacial score (nSPS) is 16.0. The van der Waals surface area contributed by atoms with Crippen molar-refractivity contribution in [2.45, 2.75) is 38.1 Å². The summed E-state index contributed by atoms with van der Waals surface area (Å²) in [6.45, 7) is 2.78. The van der Waals surface area contributed by atoms with E-state index in [4.69, 9.17) is 9.47 Å². The number of urea groups is 1. The van der Waals surface area contributed by atoms with Gasteiger partial charge in [0.1, 0.15) is 0 Å². The molecule has 5 rings (SSSR count). The van der Waals surface area contributed by atoms with Crippen LogP contribution in [0.3, 0.4) is 0 Å². The van der Waals surface area contributed by atoms with E-state index in [1.807, 2.05) is 30.5 Å². The molecular weight excluding hydrogens is 485 g/mol. The Hall–Kier alpha value is -3.79. The molecule has 1 saturated heterocycles. The van der Waals surface area contributed by atoms with E-state index >= 15 is 0 Å². The van der Waals surface area contributed by atoms with Crippen LogP contribution in [0.4, 0.5) is 23.7 Å². The number of carbonyl (C=O) groups excluding carboxylic acids is 1. The number of hydrogen-bond acceptors (Lipinski definition) is 5. The number of amides is 2. The SMILES string of the molecule is O=C(Nc1cccc(C(F)(F)F)c1)N(Cc1ccc2c(c1)OCO2)C1CCN(Cc2cccnc2)CC1. The number of pyridine rings is 1. The van der Waals surface area contributed by atoms with Gasteiger partial charge in [0.2, 0.25) is 6.79 Å². The van der Waals surface area contributed by atoms with Crippen LogP contribution in [0.2, 0.25) is 0 Å². The summed E-state index contributed by atoms with van der Waals surface area (Å²) < 4.78 is 50.4.